The Labute approximate surface area is 147 Å². The van der Waals surface area contributed by atoms with Crippen molar-refractivity contribution in [2.45, 2.75) is 45.6 Å². The number of carbonyl (C=O) groups is 1. The third-order valence-corrected chi connectivity index (χ3v) is 4.61. The zero-order valence-electron chi connectivity index (χ0n) is 14.8. The van der Waals surface area contributed by atoms with Crippen molar-refractivity contribution in [1.82, 2.24) is 4.98 Å². The highest BCUT2D eigenvalue weighted by atomic mass is 16.5. The van der Waals surface area contributed by atoms with Crippen molar-refractivity contribution in [3.05, 3.63) is 41.6 Å². The van der Waals surface area contributed by atoms with E-state index in [-0.39, 0.29) is 6.10 Å². The van der Waals surface area contributed by atoms with Crippen molar-refractivity contribution >= 4 is 22.6 Å². The van der Waals surface area contributed by atoms with Gasteiger partial charge in [0.15, 0.2) is 0 Å². The van der Waals surface area contributed by atoms with Crippen LogP contribution in [0.4, 0.5) is 5.69 Å². The van der Waals surface area contributed by atoms with E-state index in [1.807, 2.05) is 18.2 Å². The molecule has 1 fully saturated rings. The van der Waals surface area contributed by atoms with Crippen LogP contribution in [0.25, 0.3) is 10.9 Å². The molecule has 0 unspecified atom stereocenters. The molecule has 5 nitrogen and oxygen atoms in total. The van der Waals surface area contributed by atoms with E-state index in [9.17, 15) is 4.79 Å². The van der Waals surface area contributed by atoms with Gasteiger partial charge in [0.05, 0.1) is 35.0 Å². The Morgan fingerprint density at radius 2 is 2.08 bits per heavy atom. The first-order valence-electron chi connectivity index (χ1n) is 8.70. The fourth-order valence-corrected chi connectivity index (χ4v) is 3.30. The van der Waals surface area contributed by atoms with E-state index in [0.717, 1.165) is 31.2 Å². The Morgan fingerprint density at radius 3 is 2.76 bits per heavy atom. The standard InChI is InChI=1S/C20H24N2O3/c1-4-24-20(23)17-13(3)22-15-6-5-7-16(18(15)19(17)21)25-14-10-8-12(2)9-11-14/h5-7,14H,2,4,8-11H2,1,3H3,(H2,21,22). The summed E-state index contributed by atoms with van der Waals surface area (Å²) in [6, 6.07) is 5.66. The molecule has 1 aromatic carbocycles. The van der Waals surface area contributed by atoms with Crippen LogP contribution in [-0.2, 0) is 4.74 Å². The first kappa shape index (κ1) is 17.3. The number of aryl methyl sites for hydroxylation is 1. The zero-order valence-corrected chi connectivity index (χ0v) is 14.8. The van der Waals surface area contributed by atoms with Crippen molar-refractivity contribution < 1.29 is 14.3 Å². The molecule has 2 N–H and O–H groups in total. The number of rotatable bonds is 4. The van der Waals surface area contributed by atoms with Crippen LogP contribution in [-0.4, -0.2) is 23.7 Å². The molecule has 0 amide bonds. The van der Waals surface area contributed by atoms with Crippen LogP contribution >= 0.6 is 0 Å². The van der Waals surface area contributed by atoms with Gasteiger partial charge < -0.3 is 15.2 Å². The van der Waals surface area contributed by atoms with Crippen LogP contribution in [0.1, 0.15) is 48.7 Å². The third kappa shape index (κ3) is 3.45. The van der Waals surface area contributed by atoms with Gasteiger partial charge in [-0.1, -0.05) is 18.2 Å². The number of nitrogens with two attached hydrogens (primary N) is 1. The zero-order chi connectivity index (χ0) is 18.0. The van der Waals surface area contributed by atoms with Crippen LogP contribution in [0.2, 0.25) is 0 Å². The summed E-state index contributed by atoms with van der Waals surface area (Å²) in [7, 11) is 0. The third-order valence-electron chi connectivity index (χ3n) is 4.61. The van der Waals surface area contributed by atoms with E-state index in [1.165, 1.54) is 5.57 Å². The minimum Gasteiger partial charge on any atom is -0.490 e. The normalized spacial score (nSPS) is 15.4. The van der Waals surface area contributed by atoms with E-state index in [1.54, 1.807) is 13.8 Å². The number of hydrogen-bond acceptors (Lipinski definition) is 5. The molecule has 0 atom stereocenters. The van der Waals surface area contributed by atoms with E-state index >= 15 is 0 Å². The molecule has 1 aliphatic rings. The van der Waals surface area contributed by atoms with Gasteiger partial charge in [0, 0.05) is 0 Å². The summed E-state index contributed by atoms with van der Waals surface area (Å²) in [6.45, 7) is 7.87. The highest BCUT2D eigenvalue weighted by Gasteiger charge is 2.23. The quantitative estimate of drug-likeness (QED) is 0.667. The maximum absolute atomic E-state index is 12.3. The number of pyridine rings is 1. The molecule has 132 valence electrons. The van der Waals surface area contributed by atoms with Crippen molar-refractivity contribution in [3.63, 3.8) is 0 Å². The summed E-state index contributed by atoms with van der Waals surface area (Å²) in [6.07, 6.45) is 3.98. The van der Waals surface area contributed by atoms with Gasteiger partial charge in [0.25, 0.3) is 0 Å². The van der Waals surface area contributed by atoms with E-state index in [0.29, 0.717) is 34.7 Å². The molecule has 0 saturated heterocycles. The minimum absolute atomic E-state index is 0.128. The number of esters is 1. The molecule has 1 aromatic heterocycles. The first-order chi connectivity index (χ1) is 12.0. The molecule has 3 rings (SSSR count). The Morgan fingerprint density at radius 1 is 1.36 bits per heavy atom. The summed E-state index contributed by atoms with van der Waals surface area (Å²) in [5.74, 6) is 0.223. The van der Waals surface area contributed by atoms with Crippen molar-refractivity contribution in [2.75, 3.05) is 12.3 Å². The second-order valence-corrected chi connectivity index (χ2v) is 6.42. The molecule has 0 bridgehead atoms. The number of anilines is 1. The molecule has 1 aliphatic carbocycles. The lowest BCUT2D eigenvalue weighted by Gasteiger charge is -2.25. The number of ether oxygens (including phenoxy) is 2. The van der Waals surface area contributed by atoms with Gasteiger partial charge in [0.2, 0.25) is 0 Å². The lowest BCUT2D eigenvalue weighted by Crippen LogP contribution is -2.21. The number of hydrogen-bond donors (Lipinski definition) is 1. The number of allylic oxidation sites excluding steroid dienone is 1. The highest BCUT2D eigenvalue weighted by Crippen LogP contribution is 2.36. The van der Waals surface area contributed by atoms with Gasteiger partial charge in [-0.2, -0.15) is 0 Å². The number of aromatic nitrogens is 1. The van der Waals surface area contributed by atoms with Gasteiger partial charge in [-0.3, -0.25) is 4.98 Å². The molecule has 0 radical (unpaired) electrons. The molecule has 25 heavy (non-hydrogen) atoms. The minimum atomic E-state index is -0.448. The van der Waals surface area contributed by atoms with Crippen molar-refractivity contribution in [1.29, 1.82) is 0 Å². The largest absolute Gasteiger partial charge is 0.490 e. The molecular weight excluding hydrogens is 316 g/mol. The number of nitrogens with zero attached hydrogens (tertiary/aromatic N) is 1. The second kappa shape index (κ2) is 7.13. The topological polar surface area (TPSA) is 74.4 Å². The lowest BCUT2D eigenvalue weighted by atomic mass is 9.94. The van der Waals surface area contributed by atoms with E-state index < -0.39 is 5.97 Å². The number of benzene rings is 1. The predicted octanol–water partition coefficient (Wildman–Crippen LogP) is 4.18. The maximum Gasteiger partial charge on any atom is 0.342 e. The molecule has 2 aromatic rings. The fourth-order valence-electron chi connectivity index (χ4n) is 3.30. The van der Waals surface area contributed by atoms with Gasteiger partial charge >= 0.3 is 5.97 Å². The van der Waals surface area contributed by atoms with Crippen molar-refractivity contribution in [3.8, 4) is 5.75 Å². The van der Waals surface area contributed by atoms with Gasteiger partial charge in [-0.05, 0) is 51.7 Å². The predicted molar refractivity (Wildman–Crippen MR) is 98.9 cm³/mol. The number of nitrogen functional groups attached to an aromatic ring is 1. The average Bonchev–Trinajstić information content (AvgIpc) is 2.57. The van der Waals surface area contributed by atoms with Gasteiger partial charge in [-0.25, -0.2) is 4.79 Å². The molecule has 1 heterocycles. The number of fused-ring (bicyclic) bond motifs is 1. The van der Waals surface area contributed by atoms with Crippen LogP contribution in [0.5, 0.6) is 5.75 Å². The molecular formula is C20H24N2O3. The second-order valence-electron chi connectivity index (χ2n) is 6.42. The summed E-state index contributed by atoms with van der Waals surface area (Å²) in [5.41, 5.74) is 9.60. The van der Waals surface area contributed by atoms with Crippen LogP contribution in [0.3, 0.4) is 0 Å². The molecule has 0 spiro atoms. The first-order valence-corrected chi connectivity index (χ1v) is 8.70. The Bertz CT molecular complexity index is 819. The van der Waals surface area contributed by atoms with Crippen LogP contribution in [0, 0.1) is 6.92 Å². The van der Waals surface area contributed by atoms with Gasteiger partial charge in [0.1, 0.15) is 11.3 Å². The molecule has 1 saturated carbocycles. The summed E-state index contributed by atoms with van der Waals surface area (Å²) < 4.78 is 11.3. The van der Waals surface area contributed by atoms with Crippen molar-refractivity contribution in [2.24, 2.45) is 0 Å². The fraction of sp³-hybridized carbons (Fsp3) is 0.400. The summed E-state index contributed by atoms with van der Waals surface area (Å²) in [5, 5.41) is 0.681. The molecule has 5 heteroatoms. The summed E-state index contributed by atoms with van der Waals surface area (Å²) >= 11 is 0. The van der Waals surface area contributed by atoms with Crippen LogP contribution in [0.15, 0.2) is 30.4 Å². The summed E-state index contributed by atoms with van der Waals surface area (Å²) in [4.78, 5) is 16.8. The Hall–Kier alpha value is -2.56. The number of carbonyl (C=O) groups excluding carboxylic acids is 1. The smallest absolute Gasteiger partial charge is 0.342 e. The van der Waals surface area contributed by atoms with Gasteiger partial charge in [-0.15, -0.1) is 0 Å². The average molecular weight is 340 g/mol. The molecule has 0 aliphatic heterocycles. The van der Waals surface area contributed by atoms with E-state index in [2.05, 4.69) is 11.6 Å². The Balaban J connectivity index is 2.03. The van der Waals surface area contributed by atoms with E-state index in [4.69, 9.17) is 15.2 Å². The SMILES string of the molecule is C=C1CCC(Oc2cccc3nc(C)c(C(=O)OCC)c(N)c23)CC1. The highest BCUT2D eigenvalue weighted by molar-refractivity contribution is 6.07. The maximum atomic E-state index is 12.3. The lowest BCUT2D eigenvalue weighted by molar-refractivity contribution is 0.0526. The van der Waals surface area contributed by atoms with Crippen LogP contribution < -0.4 is 10.5 Å². The Kier molecular flexibility index (Phi) is 4.93. The monoisotopic (exact) mass is 340 g/mol.